The molecule has 0 radical (unpaired) electrons. The highest BCUT2D eigenvalue weighted by molar-refractivity contribution is 7.80. The molecule has 0 fully saturated rings. The Kier molecular flexibility index (Phi) is 8.62. The number of benzene rings is 5. The van der Waals surface area contributed by atoms with E-state index >= 15 is 0 Å². The minimum absolute atomic E-state index is 0.371. The highest BCUT2D eigenvalue weighted by Crippen LogP contribution is 2.35. The lowest BCUT2D eigenvalue weighted by Gasteiger charge is -2.29. The van der Waals surface area contributed by atoms with Gasteiger partial charge in [-0.15, -0.1) is 0 Å². The van der Waals surface area contributed by atoms with E-state index in [0.717, 1.165) is 37.1 Å². The van der Waals surface area contributed by atoms with Crippen molar-refractivity contribution in [3.63, 3.8) is 0 Å². The number of anilines is 1. The van der Waals surface area contributed by atoms with Crippen molar-refractivity contribution in [2.45, 2.75) is 38.5 Å². The first kappa shape index (κ1) is 27.7. The van der Waals surface area contributed by atoms with E-state index in [1.54, 1.807) is 7.11 Å². The van der Waals surface area contributed by atoms with E-state index in [-0.39, 0.29) is 0 Å². The van der Waals surface area contributed by atoms with Crippen LogP contribution in [0.2, 0.25) is 0 Å². The maximum atomic E-state index is 6.05. The first-order valence-corrected chi connectivity index (χ1v) is 14.9. The summed E-state index contributed by atoms with van der Waals surface area (Å²) in [4.78, 5) is 2.54. The van der Waals surface area contributed by atoms with Crippen LogP contribution in [0.5, 0.6) is 5.75 Å². The number of ether oxygens (including phenoxy) is 2. The number of hydrogen-bond acceptors (Lipinski definition) is 4. The average Bonchev–Trinajstić information content (AvgIpc) is 3.38. The van der Waals surface area contributed by atoms with Crippen molar-refractivity contribution in [2.24, 2.45) is 0 Å². The summed E-state index contributed by atoms with van der Waals surface area (Å²) in [6.45, 7) is 1.37. The standard InChI is InChI=1S/C38H35NO2S/c1-40-38(42)36-16-7-5-14-33(36)26-39-34(25-32-13-6-8-17-37(32)39)23-29-20-18-28(19-21-29)22-31-12-9-15-35(24-31)41-27-30-10-3-2-4-11-30/h2-21,24,34H,22-23,25-27H2,1H3. The van der Waals surface area contributed by atoms with Crippen molar-refractivity contribution in [1.82, 2.24) is 0 Å². The predicted molar refractivity (Wildman–Crippen MR) is 175 cm³/mol. The van der Waals surface area contributed by atoms with Crippen LogP contribution in [0.25, 0.3) is 0 Å². The Hall–Kier alpha value is -4.41. The first-order valence-electron chi connectivity index (χ1n) is 14.5. The molecule has 42 heavy (non-hydrogen) atoms. The quantitative estimate of drug-likeness (QED) is 0.158. The van der Waals surface area contributed by atoms with E-state index in [1.807, 2.05) is 30.3 Å². The Labute approximate surface area is 254 Å². The molecule has 0 bridgehead atoms. The molecule has 0 spiro atoms. The van der Waals surface area contributed by atoms with Crippen LogP contribution in [0.3, 0.4) is 0 Å². The molecule has 5 aromatic rings. The van der Waals surface area contributed by atoms with Crippen LogP contribution >= 0.6 is 12.2 Å². The van der Waals surface area contributed by atoms with Gasteiger partial charge in [0.1, 0.15) is 12.4 Å². The van der Waals surface area contributed by atoms with Gasteiger partial charge in [-0.2, -0.15) is 0 Å². The van der Waals surface area contributed by atoms with Crippen molar-refractivity contribution in [3.8, 4) is 5.75 Å². The van der Waals surface area contributed by atoms with Crippen molar-refractivity contribution in [3.05, 3.63) is 166 Å². The normalized spacial score (nSPS) is 13.9. The second kappa shape index (κ2) is 13.1. The number of para-hydroxylation sites is 1. The second-order valence-electron chi connectivity index (χ2n) is 10.9. The molecule has 0 N–H and O–H groups in total. The van der Waals surface area contributed by atoms with Gasteiger partial charge in [0.25, 0.3) is 0 Å². The van der Waals surface area contributed by atoms with Crippen LogP contribution in [0.15, 0.2) is 127 Å². The van der Waals surface area contributed by atoms with Gasteiger partial charge in [-0.1, -0.05) is 103 Å². The number of fused-ring (bicyclic) bond motifs is 1. The summed E-state index contributed by atoms with van der Waals surface area (Å²) in [7, 11) is 1.65. The first-order chi connectivity index (χ1) is 20.7. The topological polar surface area (TPSA) is 21.7 Å². The molecule has 0 aromatic heterocycles. The van der Waals surface area contributed by atoms with Gasteiger partial charge in [0.05, 0.1) is 7.11 Å². The van der Waals surface area contributed by atoms with Gasteiger partial charge >= 0.3 is 0 Å². The Morgan fingerprint density at radius 3 is 2.29 bits per heavy atom. The van der Waals surface area contributed by atoms with Crippen molar-refractivity contribution < 1.29 is 9.47 Å². The Morgan fingerprint density at radius 2 is 1.45 bits per heavy atom. The van der Waals surface area contributed by atoms with E-state index in [2.05, 4.69) is 102 Å². The van der Waals surface area contributed by atoms with Crippen LogP contribution in [0.4, 0.5) is 5.69 Å². The third kappa shape index (κ3) is 6.56. The minimum Gasteiger partial charge on any atom is -0.489 e. The molecule has 1 atom stereocenters. The molecule has 0 amide bonds. The monoisotopic (exact) mass is 569 g/mol. The summed E-state index contributed by atoms with van der Waals surface area (Å²) in [6, 6.07) is 45.3. The van der Waals surface area contributed by atoms with Crippen molar-refractivity contribution >= 4 is 23.0 Å². The SMILES string of the molecule is COC(=S)c1ccccc1CN1c2ccccc2CC1Cc1ccc(Cc2cccc(OCc3ccccc3)c2)cc1. The number of nitrogens with zero attached hydrogens (tertiary/aromatic N) is 1. The van der Waals surface area contributed by atoms with Gasteiger partial charge in [-0.25, -0.2) is 0 Å². The van der Waals surface area contributed by atoms with Crippen molar-refractivity contribution in [2.75, 3.05) is 12.0 Å². The molecule has 210 valence electrons. The van der Waals surface area contributed by atoms with E-state index in [0.29, 0.717) is 17.7 Å². The summed E-state index contributed by atoms with van der Waals surface area (Å²) in [5.74, 6) is 0.904. The zero-order chi connectivity index (χ0) is 28.7. The zero-order valence-corrected chi connectivity index (χ0v) is 24.7. The minimum atomic E-state index is 0.371. The lowest BCUT2D eigenvalue weighted by atomic mass is 9.98. The van der Waals surface area contributed by atoms with Gasteiger partial charge in [-0.3, -0.25) is 0 Å². The molecule has 4 heteroatoms. The summed E-state index contributed by atoms with van der Waals surface area (Å²) < 4.78 is 11.5. The highest BCUT2D eigenvalue weighted by Gasteiger charge is 2.29. The molecular formula is C38H35NO2S. The number of rotatable bonds is 10. The molecule has 0 saturated heterocycles. The Morgan fingerprint density at radius 1 is 0.738 bits per heavy atom. The second-order valence-corrected chi connectivity index (χ2v) is 11.3. The van der Waals surface area contributed by atoms with E-state index in [9.17, 15) is 0 Å². The van der Waals surface area contributed by atoms with Crippen LogP contribution in [0, 0.1) is 0 Å². The maximum absolute atomic E-state index is 6.05. The molecule has 5 aromatic carbocycles. The lowest BCUT2D eigenvalue weighted by Crippen LogP contribution is -2.33. The van der Waals surface area contributed by atoms with Gasteiger partial charge < -0.3 is 14.4 Å². The fourth-order valence-corrected chi connectivity index (χ4v) is 6.06. The molecule has 1 aliphatic heterocycles. The summed E-state index contributed by atoms with van der Waals surface area (Å²) in [6.07, 6.45) is 2.89. The van der Waals surface area contributed by atoms with Crippen LogP contribution in [-0.4, -0.2) is 18.2 Å². The van der Waals surface area contributed by atoms with Gasteiger partial charge in [0, 0.05) is 23.8 Å². The molecule has 6 rings (SSSR count). The van der Waals surface area contributed by atoms with Gasteiger partial charge in [0.15, 0.2) is 5.05 Å². The highest BCUT2D eigenvalue weighted by atomic mass is 32.1. The molecule has 3 nitrogen and oxygen atoms in total. The Balaban J connectivity index is 1.13. The van der Waals surface area contributed by atoms with Crippen LogP contribution < -0.4 is 9.64 Å². The fraction of sp³-hybridized carbons (Fsp3) is 0.184. The average molecular weight is 570 g/mol. The molecule has 0 saturated carbocycles. The summed E-state index contributed by atoms with van der Waals surface area (Å²) in [5, 5.41) is 0.540. The fourth-order valence-electron chi connectivity index (χ4n) is 5.86. The third-order valence-electron chi connectivity index (χ3n) is 8.01. The van der Waals surface area contributed by atoms with Crippen molar-refractivity contribution in [1.29, 1.82) is 0 Å². The van der Waals surface area contributed by atoms with E-state index < -0.39 is 0 Å². The smallest absolute Gasteiger partial charge is 0.191 e. The zero-order valence-electron chi connectivity index (χ0n) is 23.9. The summed E-state index contributed by atoms with van der Waals surface area (Å²) >= 11 is 5.51. The van der Waals surface area contributed by atoms with E-state index in [4.69, 9.17) is 21.7 Å². The van der Waals surface area contributed by atoms with E-state index in [1.165, 1.54) is 39.1 Å². The largest absolute Gasteiger partial charge is 0.489 e. The number of hydrogen-bond donors (Lipinski definition) is 0. The van der Waals surface area contributed by atoms with Crippen LogP contribution in [-0.2, 0) is 37.2 Å². The predicted octanol–water partition coefficient (Wildman–Crippen LogP) is 8.35. The molecule has 1 heterocycles. The lowest BCUT2D eigenvalue weighted by molar-refractivity contribution is 0.306. The Bertz CT molecular complexity index is 1650. The maximum Gasteiger partial charge on any atom is 0.191 e. The summed E-state index contributed by atoms with van der Waals surface area (Å²) in [5.41, 5.74) is 9.97. The van der Waals surface area contributed by atoms with Gasteiger partial charge in [-0.05, 0) is 89.1 Å². The van der Waals surface area contributed by atoms with Crippen LogP contribution in [0.1, 0.15) is 38.9 Å². The third-order valence-corrected chi connectivity index (χ3v) is 8.40. The molecular weight excluding hydrogens is 534 g/mol. The number of thiocarbonyl (C=S) groups is 1. The molecule has 0 aliphatic carbocycles. The molecule has 1 unspecified atom stereocenters. The number of methoxy groups -OCH3 is 1. The molecule has 1 aliphatic rings. The van der Waals surface area contributed by atoms with Gasteiger partial charge in [0.2, 0.25) is 0 Å².